The quantitative estimate of drug-likeness (QED) is 0.283. The summed E-state index contributed by atoms with van der Waals surface area (Å²) in [6.45, 7) is 0.167. The SMILES string of the molecule is NCc1ncc(-c2cccc(NC(=O)N(c3nc(-c4cccc(C(F)(F)F)c4)ccc3N)C3CCC3)c2)o1. The molecule has 11 heteroatoms. The molecular weight excluding hydrogens is 497 g/mol. The highest BCUT2D eigenvalue weighted by Crippen LogP contribution is 2.36. The minimum atomic E-state index is -4.49. The van der Waals surface area contributed by atoms with E-state index in [0.29, 0.717) is 22.9 Å². The lowest BCUT2D eigenvalue weighted by Crippen LogP contribution is -2.47. The fourth-order valence-electron chi connectivity index (χ4n) is 4.22. The molecule has 0 radical (unpaired) electrons. The van der Waals surface area contributed by atoms with Gasteiger partial charge in [0.1, 0.15) is 0 Å². The Bertz CT molecular complexity index is 1470. The van der Waals surface area contributed by atoms with Gasteiger partial charge in [-0.05, 0) is 55.7 Å². The smallest absolute Gasteiger partial charge is 0.416 e. The van der Waals surface area contributed by atoms with Crippen molar-refractivity contribution in [3.8, 4) is 22.6 Å². The first-order valence-corrected chi connectivity index (χ1v) is 12.0. The first-order chi connectivity index (χ1) is 18.2. The summed E-state index contributed by atoms with van der Waals surface area (Å²) in [7, 11) is 0. The lowest BCUT2D eigenvalue weighted by Gasteiger charge is -2.37. The number of oxazole rings is 1. The molecule has 38 heavy (non-hydrogen) atoms. The lowest BCUT2D eigenvalue weighted by molar-refractivity contribution is -0.137. The number of nitrogens with one attached hydrogen (secondary N) is 1. The van der Waals surface area contributed by atoms with Gasteiger partial charge in [0.2, 0.25) is 5.89 Å². The molecule has 4 aromatic rings. The Balaban J connectivity index is 1.45. The summed E-state index contributed by atoms with van der Waals surface area (Å²) in [6, 6.07) is 14.4. The third kappa shape index (κ3) is 5.18. The molecule has 0 unspecified atom stereocenters. The molecule has 1 aliphatic rings. The van der Waals surface area contributed by atoms with Crippen LogP contribution in [0.1, 0.15) is 30.7 Å². The first-order valence-electron chi connectivity index (χ1n) is 12.0. The number of nitrogens with two attached hydrogens (primary N) is 2. The number of carbonyl (C=O) groups excluding carboxylic acids is 1. The number of rotatable bonds is 6. The highest BCUT2D eigenvalue weighted by atomic mass is 19.4. The molecule has 0 bridgehead atoms. The molecule has 2 aromatic carbocycles. The molecule has 2 amide bonds. The number of benzene rings is 2. The van der Waals surface area contributed by atoms with Crippen LogP contribution in [0.3, 0.4) is 0 Å². The Morgan fingerprint density at radius 3 is 2.53 bits per heavy atom. The summed E-state index contributed by atoms with van der Waals surface area (Å²) in [5.41, 5.74) is 13.0. The molecular formula is C27H25F3N6O2. The highest BCUT2D eigenvalue weighted by molar-refractivity contribution is 6.03. The predicted molar refractivity (Wildman–Crippen MR) is 138 cm³/mol. The zero-order chi connectivity index (χ0) is 26.9. The van der Waals surface area contributed by atoms with Gasteiger partial charge < -0.3 is 21.2 Å². The zero-order valence-electron chi connectivity index (χ0n) is 20.2. The molecule has 0 aliphatic heterocycles. The van der Waals surface area contributed by atoms with Gasteiger partial charge >= 0.3 is 12.2 Å². The third-order valence-electron chi connectivity index (χ3n) is 6.40. The van der Waals surface area contributed by atoms with E-state index >= 15 is 0 Å². The van der Waals surface area contributed by atoms with Crippen LogP contribution in [0.15, 0.2) is 71.3 Å². The van der Waals surface area contributed by atoms with Crippen LogP contribution in [0.4, 0.5) is 35.2 Å². The van der Waals surface area contributed by atoms with Crippen LogP contribution in [0.2, 0.25) is 0 Å². The van der Waals surface area contributed by atoms with E-state index in [1.54, 1.807) is 36.5 Å². The average molecular weight is 523 g/mol. The van der Waals surface area contributed by atoms with Crippen molar-refractivity contribution in [1.29, 1.82) is 0 Å². The Morgan fingerprint density at radius 2 is 1.84 bits per heavy atom. The third-order valence-corrected chi connectivity index (χ3v) is 6.40. The molecule has 5 rings (SSSR count). The van der Waals surface area contributed by atoms with E-state index in [0.717, 1.165) is 31.4 Å². The second kappa shape index (κ2) is 10.2. The van der Waals surface area contributed by atoms with Gasteiger partial charge in [0.25, 0.3) is 0 Å². The van der Waals surface area contributed by atoms with Gasteiger partial charge in [-0.1, -0.05) is 24.3 Å². The minimum absolute atomic E-state index is 0.147. The van der Waals surface area contributed by atoms with Crippen molar-refractivity contribution in [3.05, 3.63) is 78.3 Å². The van der Waals surface area contributed by atoms with Gasteiger partial charge in [0, 0.05) is 22.9 Å². The molecule has 5 N–H and O–H groups in total. The second-order valence-electron chi connectivity index (χ2n) is 8.98. The molecule has 2 heterocycles. The van der Waals surface area contributed by atoms with Gasteiger partial charge in [-0.25, -0.2) is 14.8 Å². The Morgan fingerprint density at radius 1 is 1.08 bits per heavy atom. The van der Waals surface area contributed by atoms with Gasteiger partial charge in [-0.2, -0.15) is 13.2 Å². The van der Waals surface area contributed by atoms with Crippen LogP contribution in [0.5, 0.6) is 0 Å². The van der Waals surface area contributed by atoms with Gasteiger partial charge in [-0.15, -0.1) is 0 Å². The van der Waals surface area contributed by atoms with Crippen LogP contribution in [0, 0.1) is 0 Å². The van der Waals surface area contributed by atoms with E-state index in [9.17, 15) is 18.0 Å². The number of hydrogen-bond acceptors (Lipinski definition) is 6. The van der Waals surface area contributed by atoms with E-state index < -0.39 is 17.8 Å². The molecule has 0 spiro atoms. The van der Waals surface area contributed by atoms with Crippen molar-refractivity contribution >= 4 is 23.2 Å². The maximum atomic E-state index is 13.5. The van der Waals surface area contributed by atoms with Crippen molar-refractivity contribution < 1.29 is 22.4 Å². The molecule has 8 nitrogen and oxygen atoms in total. The van der Waals surface area contributed by atoms with Gasteiger partial charge in [-0.3, -0.25) is 4.90 Å². The summed E-state index contributed by atoms with van der Waals surface area (Å²) in [5, 5.41) is 2.89. The summed E-state index contributed by atoms with van der Waals surface area (Å²) in [5.74, 6) is 1.10. The summed E-state index contributed by atoms with van der Waals surface area (Å²) in [4.78, 5) is 23.7. The number of alkyl halides is 3. The van der Waals surface area contributed by atoms with Crippen LogP contribution < -0.4 is 21.7 Å². The number of carbonyl (C=O) groups is 1. The summed E-state index contributed by atoms with van der Waals surface area (Å²) >= 11 is 0. The maximum Gasteiger partial charge on any atom is 0.416 e. The largest absolute Gasteiger partial charge is 0.439 e. The number of halogens is 3. The molecule has 0 atom stereocenters. The second-order valence-corrected chi connectivity index (χ2v) is 8.98. The Labute approximate surface area is 216 Å². The number of hydrogen-bond donors (Lipinski definition) is 3. The standard InChI is InChI=1S/C27H25F3N6O2/c28-27(29,30)18-6-1-4-16(12-18)22-11-10-21(32)25(35-22)36(20-8-3-9-20)26(37)34-19-7-2-5-17(13-19)23-15-33-24(14-31)38-23/h1-2,4-7,10-13,15,20H,3,8-9,14,31-32H2,(H,34,37). The number of amides is 2. The number of nitrogen functional groups attached to an aromatic ring is 1. The van der Waals surface area contributed by atoms with Crippen molar-refractivity contribution in [2.75, 3.05) is 16.0 Å². The maximum absolute atomic E-state index is 13.5. The number of nitrogens with zero attached hydrogens (tertiary/aromatic N) is 3. The molecule has 1 aliphatic carbocycles. The van der Waals surface area contributed by atoms with E-state index in [1.807, 2.05) is 6.07 Å². The average Bonchev–Trinajstić information content (AvgIpc) is 3.36. The molecule has 1 fully saturated rings. The molecule has 2 aromatic heterocycles. The monoisotopic (exact) mass is 522 g/mol. The lowest BCUT2D eigenvalue weighted by atomic mass is 9.91. The Kier molecular flexibility index (Phi) is 6.77. The van der Waals surface area contributed by atoms with Crippen LogP contribution in [0.25, 0.3) is 22.6 Å². The Hall–Kier alpha value is -4.38. The van der Waals surface area contributed by atoms with Crippen LogP contribution in [-0.4, -0.2) is 22.0 Å². The summed E-state index contributed by atoms with van der Waals surface area (Å²) in [6.07, 6.45) is -0.485. The zero-order valence-corrected chi connectivity index (χ0v) is 20.2. The number of pyridine rings is 1. The summed E-state index contributed by atoms with van der Waals surface area (Å²) < 4.78 is 45.4. The van der Waals surface area contributed by atoms with Crippen molar-refractivity contribution in [2.45, 2.75) is 38.0 Å². The van der Waals surface area contributed by atoms with Gasteiger partial charge in [0.15, 0.2) is 11.6 Å². The van der Waals surface area contributed by atoms with E-state index in [4.69, 9.17) is 15.9 Å². The van der Waals surface area contributed by atoms with Crippen LogP contribution in [-0.2, 0) is 12.7 Å². The number of urea groups is 1. The van der Waals surface area contributed by atoms with E-state index in [2.05, 4.69) is 15.3 Å². The molecule has 0 saturated heterocycles. The van der Waals surface area contributed by atoms with Crippen molar-refractivity contribution in [1.82, 2.24) is 9.97 Å². The molecule has 1 saturated carbocycles. The van der Waals surface area contributed by atoms with Gasteiger partial charge in [0.05, 0.1) is 29.7 Å². The normalized spacial score (nSPS) is 13.7. The topological polar surface area (TPSA) is 123 Å². The van der Waals surface area contributed by atoms with E-state index in [-0.39, 0.29) is 35.3 Å². The first kappa shape index (κ1) is 25.3. The van der Waals surface area contributed by atoms with Crippen molar-refractivity contribution in [3.63, 3.8) is 0 Å². The fraction of sp³-hybridized carbons (Fsp3) is 0.222. The fourth-order valence-corrected chi connectivity index (χ4v) is 4.22. The van der Waals surface area contributed by atoms with E-state index in [1.165, 1.54) is 17.0 Å². The molecule has 196 valence electrons. The van der Waals surface area contributed by atoms with Crippen LogP contribution >= 0.6 is 0 Å². The number of aromatic nitrogens is 2. The number of anilines is 3. The minimum Gasteiger partial charge on any atom is -0.439 e. The van der Waals surface area contributed by atoms with Crippen molar-refractivity contribution in [2.24, 2.45) is 5.73 Å². The highest BCUT2D eigenvalue weighted by Gasteiger charge is 2.33. The predicted octanol–water partition coefficient (Wildman–Crippen LogP) is 6.05.